The molecule has 0 radical (unpaired) electrons. The Morgan fingerprint density at radius 1 is 1.33 bits per heavy atom. The summed E-state index contributed by atoms with van der Waals surface area (Å²) in [5.74, 6) is 0. The number of anilines is 1. The molecule has 1 aliphatic heterocycles. The standard InChI is InChI=1S/C12H16BrNO/c1-10-8-11(9-13)2-3-12(10)14-4-6-15-7-5-14/h2-3,8H,4-7,9H2,1H3. The Kier molecular flexibility index (Phi) is 3.65. The first-order chi connectivity index (χ1) is 7.31. The van der Waals surface area contributed by atoms with Crippen molar-refractivity contribution in [1.82, 2.24) is 0 Å². The lowest BCUT2D eigenvalue weighted by atomic mass is 10.1. The van der Waals surface area contributed by atoms with E-state index in [2.05, 4.69) is 46.0 Å². The van der Waals surface area contributed by atoms with Crippen LogP contribution >= 0.6 is 15.9 Å². The van der Waals surface area contributed by atoms with Gasteiger partial charge in [0.2, 0.25) is 0 Å². The third kappa shape index (κ3) is 2.52. The molecule has 1 aromatic carbocycles. The first-order valence-corrected chi connectivity index (χ1v) is 6.41. The minimum absolute atomic E-state index is 0.847. The third-order valence-electron chi connectivity index (χ3n) is 2.77. The first kappa shape index (κ1) is 11.0. The monoisotopic (exact) mass is 269 g/mol. The Labute approximate surface area is 99.4 Å². The smallest absolute Gasteiger partial charge is 0.0642 e. The maximum atomic E-state index is 5.36. The van der Waals surface area contributed by atoms with Crippen LogP contribution in [0.15, 0.2) is 18.2 Å². The van der Waals surface area contributed by atoms with E-state index in [9.17, 15) is 0 Å². The van der Waals surface area contributed by atoms with Gasteiger partial charge in [0.1, 0.15) is 0 Å². The van der Waals surface area contributed by atoms with E-state index in [1.54, 1.807) is 0 Å². The van der Waals surface area contributed by atoms with Crippen LogP contribution in [0.25, 0.3) is 0 Å². The SMILES string of the molecule is Cc1cc(CBr)ccc1N1CCOCC1. The Hall–Kier alpha value is -0.540. The normalized spacial score (nSPS) is 16.8. The number of benzene rings is 1. The summed E-state index contributed by atoms with van der Waals surface area (Å²) in [7, 11) is 0. The molecule has 0 bridgehead atoms. The van der Waals surface area contributed by atoms with E-state index in [1.165, 1.54) is 16.8 Å². The van der Waals surface area contributed by atoms with Crippen molar-refractivity contribution >= 4 is 21.6 Å². The zero-order chi connectivity index (χ0) is 10.7. The number of aryl methyl sites for hydroxylation is 1. The highest BCUT2D eigenvalue weighted by molar-refractivity contribution is 9.08. The number of hydrogen-bond donors (Lipinski definition) is 0. The van der Waals surface area contributed by atoms with Gasteiger partial charge in [-0.15, -0.1) is 0 Å². The lowest BCUT2D eigenvalue weighted by molar-refractivity contribution is 0.122. The molecule has 15 heavy (non-hydrogen) atoms. The fourth-order valence-corrected chi connectivity index (χ4v) is 2.31. The van der Waals surface area contributed by atoms with Crippen molar-refractivity contribution in [3.05, 3.63) is 29.3 Å². The summed E-state index contributed by atoms with van der Waals surface area (Å²) in [6.45, 7) is 5.89. The van der Waals surface area contributed by atoms with Gasteiger partial charge in [-0.25, -0.2) is 0 Å². The summed E-state index contributed by atoms with van der Waals surface area (Å²) in [5.41, 5.74) is 4.04. The van der Waals surface area contributed by atoms with Crippen LogP contribution < -0.4 is 4.90 Å². The molecule has 1 aliphatic rings. The quantitative estimate of drug-likeness (QED) is 0.766. The number of morpholine rings is 1. The van der Waals surface area contributed by atoms with Crippen LogP contribution in [0.1, 0.15) is 11.1 Å². The van der Waals surface area contributed by atoms with Crippen molar-refractivity contribution in [2.45, 2.75) is 12.3 Å². The summed E-state index contributed by atoms with van der Waals surface area (Å²) >= 11 is 3.48. The van der Waals surface area contributed by atoms with Crippen LogP contribution in [-0.2, 0) is 10.1 Å². The highest BCUT2D eigenvalue weighted by Crippen LogP contribution is 2.23. The fraction of sp³-hybridized carbons (Fsp3) is 0.500. The molecular weight excluding hydrogens is 254 g/mol. The summed E-state index contributed by atoms with van der Waals surface area (Å²) in [4.78, 5) is 2.40. The van der Waals surface area contributed by atoms with Gasteiger partial charge in [-0.2, -0.15) is 0 Å². The van der Waals surface area contributed by atoms with Gasteiger partial charge in [0.15, 0.2) is 0 Å². The number of hydrogen-bond acceptors (Lipinski definition) is 2. The average Bonchev–Trinajstić information content (AvgIpc) is 2.30. The summed E-state index contributed by atoms with van der Waals surface area (Å²) in [6.07, 6.45) is 0. The van der Waals surface area contributed by atoms with Gasteiger partial charge in [-0.1, -0.05) is 28.1 Å². The largest absolute Gasteiger partial charge is 0.378 e. The average molecular weight is 270 g/mol. The minimum atomic E-state index is 0.847. The highest BCUT2D eigenvalue weighted by atomic mass is 79.9. The van der Waals surface area contributed by atoms with E-state index < -0.39 is 0 Å². The summed E-state index contributed by atoms with van der Waals surface area (Å²) < 4.78 is 5.36. The lowest BCUT2D eigenvalue weighted by Gasteiger charge is -2.30. The van der Waals surface area contributed by atoms with Crippen molar-refractivity contribution in [3.63, 3.8) is 0 Å². The Bertz CT molecular complexity index is 334. The van der Waals surface area contributed by atoms with Gasteiger partial charge >= 0.3 is 0 Å². The van der Waals surface area contributed by atoms with E-state index >= 15 is 0 Å². The molecule has 1 saturated heterocycles. The van der Waals surface area contributed by atoms with Gasteiger partial charge in [-0.05, 0) is 24.1 Å². The second-order valence-electron chi connectivity index (χ2n) is 3.85. The Morgan fingerprint density at radius 2 is 2.07 bits per heavy atom. The van der Waals surface area contributed by atoms with Crippen molar-refractivity contribution in [3.8, 4) is 0 Å². The maximum absolute atomic E-state index is 5.36. The summed E-state index contributed by atoms with van der Waals surface area (Å²) in [5, 5.41) is 0.928. The molecule has 1 heterocycles. The molecule has 0 saturated carbocycles. The highest BCUT2D eigenvalue weighted by Gasteiger charge is 2.12. The van der Waals surface area contributed by atoms with Crippen LogP contribution in [0.2, 0.25) is 0 Å². The molecule has 1 fully saturated rings. The molecule has 0 N–H and O–H groups in total. The fourth-order valence-electron chi connectivity index (χ4n) is 1.96. The van der Waals surface area contributed by atoms with Crippen LogP contribution in [0, 0.1) is 6.92 Å². The van der Waals surface area contributed by atoms with Crippen LogP contribution in [-0.4, -0.2) is 26.3 Å². The molecule has 2 nitrogen and oxygen atoms in total. The first-order valence-electron chi connectivity index (χ1n) is 5.29. The summed E-state index contributed by atoms with van der Waals surface area (Å²) in [6, 6.07) is 6.66. The number of halogens is 1. The molecule has 2 rings (SSSR count). The lowest BCUT2D eigenvalue weighted by Crippen LogP contribution is -2.36. The van der Waals surface area contributed by atoms with Crippen LogP contribution in [0.4, 0.5) is 5.69 Å². The van der Waals surface area contributed by atoms with Crippen molar-refractivity contribution in [1.29, 1.82) is 0 Å². The molecule has 82 valence electrons. The van der Waals surface area contributed by atoms with E-state index in [4.69, 9.17) is 4.74 Å². The maximum Gasteiger partial charge on any atom is 0.0642 e. The van der Waals surface area contributed by atoms with E-state index in [-0.39, 0.29) is 0 Å². The molecule has 0 atom stereocenters. The molecule has 3 heteroatoms. The predicted molar refractivity (Wildman–Crippen MR) is 66.8 cm³/mol. The van der Waals surface area contributed by atoms with Gasteiger partial charge in [0.05, 0.1) is 13.2 Å². The van der Waals surface area contributed by atoms with Gasteiger partial charge in [0.25, 0.3) is 0 Å². The van der Waals surface area contributed by atoms with Crippen molar-refractivity contribution in [2.75, 3.05) is 31.2 Å². The minimum Gasteiger partial charge on any atom is -0.378 e. The van der Waals surface area contributed by atoms with Crippen LogP contribution in [0.3, 0.4) is 0 Å². The molecule has 0 aromatic heterocycles. The molecule has 1 aromatic rings. The van der Waals surface area contributed by atoms with Crippen molar-refractivity contribution < 1.29 is 4.74 Å². The van der Waals surface area contributed by atoms with E-state index in [0.29, 0.717) is 0 Å². The van der Waals surface area contributed by atoms with Crippen molar-refractivity contribution in [2.24, 2.45) is 0 Å². The van der Waals surface area contributed by atoms with Crippen LogP contribution in [0.5, 0.6) is 0 Å². The van der Waals surface area contributed by atoms with E-state index in [1.807, 2.05) is 0 Å². The Morgan fingerprint density at radius 3 is 2.67 bits per heavy atom. The Balaban J connectivity index is 2.19. The topological polar surface area (TPSA) is 12.5 Å². The zero-order valence-corrected chi connectivity index (χ0v) is 10.6. The molecule has 0 amide bonds. The second-order valence-corrected chi connectivity index (χ2v) is 4.41. The number of alkyl halides is 1. The number of ether oxygens (including phenoxy) is 1. The van der Waals surface area contributed by atoms with Gasteiger partial charge in [-0.3, -0.25) is 0 Å². The molecular formula is C12H16BrNO. The van der Waals surface area contributed by atoms with E-state index in [0.717, 1.165) is 31.6 Å². The number of rotatable bonds is 2. The molecule has 0 aliphatic carbocycles. The third-order valence-corrected chi connectivity index (χ3v) is 3.41. The van der Waals surface area contributed by atoms with Gasteiger partial charge < -0.3 is 9.64 Å². The predicted octanol–water partition coefficient (Wildman–Crippen LogP) is 2.73. The zero-order valence-electron chi connectivity index (χ0n) is 9.00. The molecule has 0 spiro atoms. The molecule has 0 unspecified atom stereocenters. The number of nitrogens with zero attached hydrogens (tertiary/aromatic N) is 1. The van der Waals surface area contributed by atoms with Gasteiger partial charge in [0, 0.05) is 24.1 Å². The second kappa shape index (κ2) is 4.99.